The van der Waals surface area contributed by atoms with E-state index in [0.717, 1.165) is 36.8 Å². The van der Waals surface area contributed by atoms with Crippen molar-refractivity contribution in [2.45, 2.75) is 65.5 Å². The van der Waals surface area contributed by atoms with Gasteiger partial charge in [0.05, 0.1) is 0 Å². The van der Waals surface area contributed by atoms with Crippen LogP contribution < -0.4 is 5.32 Å². The van der Waals surface area contributed by atoms with Gasteiger partial charge < -0.3 is 4.90 Å². The molecule has 0 saturated heterocycles. The zero-order chi connectivity index (χ0) is 26.3. The molecule has 1 aliphatic rings. The van der Waals surface area contributed by atoms with Crippen molar-refractivity contribution in [2.75, 3.05) is 5.32 Å². The van der Waals surface area contributed by atoms with Crippen molar-refractivity contribution >= 4 is 23.8 Å². The fourth-order valence-corrected chi connectivity index (χ4v) is 5.00. The minimum atomic E-state index is -0.313. The summed E-state index contributed by atoms with van der Waals surface area (Å²) >= 11 is 0. The molecule has 0 spiro atoms. The fraction of sp³-hybridized carbons (Fsp3) is 0.414. The van der Waals surface area contributed by atoms with Gasteiger partial charge in [0.25, 0.3) is 11.9 Å². The SMILES string of the molecule is CC(C)(C)C1CCC(N(Cc2ccc(C(=O)Nc3nn[nH]n3)cc2)C(=O)C/C=C/c2ccccc2)CC1. The molecule has 1 fully saturated rings. The molecule has 0 atom stereocenters. The summed E-state index contributed by atoms with van der Waals surface area (Å²) in [5, 5.41) is 15.8. The number of benzene rings is 2. The third-order valence-corrected chi connectivity index (χ3v) is 7.22. The molecule has 8 heteroatoms. The first-order chi connectivity index (χ1) is 17.8. The average molecular weight is 501 g/mol. The quantitative estimate of drug-likeness (QED) is 0.426. The van der Waals surface area contributed by atoms with Crippen molar-refractivity contribution in [3.63, 3.8) is 0 Å². The lowest BCUT2D eigenvalue weighted by Gasteiger charge is -2.41. The Balaban J connectivity index is 1.44. The molecule has 0 aliphatic heterocycles. The fourth-order valence-electron chi connectivity index (χ4n) is 5.00. The van der Waals surface area contributed by atoms with Gasteiger partial charge in [0, 0.05) is 24.6 Å². The molecule has 4 rings (SSSR count). The number of nitrogens with zero attached hydrogens (tertiary/aromatic N) is 4. The predicted octanol–water partition coefficient (Wildman–Crippen LogP) is 5.49. The number of rotatable bonds is 8. The maximum absolute atomic E-state index is 13.5. The molecule has 0 bridgehead atoms. The van der Waals surface area contributed by atoms with Crippen molar-refractivity contribution in [3.8, 4) is 0 Å². The monoisotopic (exact) mass is 500 g/mol. The van der Waals surface area contributed by atoms with Gasteiger partial charge in [-0.3, -0.25) is 14.9 Å². The molecule has 0 unspecified atom stereocenters. The van der Waals surface area contributed by atoms with Crippen molar-refractivity contribution in [2.24, 2.45) is 11.3 Å². The molecule has 1 aromatic heterocycles. The lowest BCUT2D eigenvalue weighted by Crippen LogP contribution is -2.43. The molecule has 2 N–H and O–H groups in total. The molecule has 1 heterocycles. The second kappa shape index (κ2) is 12.0. The summed E-state index contributed by atoms with van der Waals surface area (Å²) in [5.41, 5.74) is 2.86. The second-order valence-corrected chi connectivity index (χ2v) is 10.8. The molecule has 2 amide bonds. The van der Waals surface area contributed by atoms with E-state index in [1.54, 1.807) is 12.1 Å². The van der Waals surface area contributed by atoms with Gasteiger partial charge >= 0.3 is 0 Å². The summed E-state index contributed by atoms with van der Waals surface area (Å²) in [7, 11) is 0. The van der Waals surface area contributed by atoms with Crippen LogP contribution in [0, 0.1) is 11.3 Å². The normalized spacial score (nSPS) is 18.0. The topological polar surface area (TPSA) is 104 Å². The van der Waals surface area contributed by atoms with E-state index in [4.69, 9.17) is 0 Å². The number of aromatic amines is 1. The van der Waals surface area contributed by atoms with E-state index < -0.39 is 0 Å². The van der Waals surface area contributed by atoms with Gasteiger partial charge in [-0.1, -0.05) is 80.5 Å². The van der Waals surface area contributed by atoms with Crippen LogP contribution in [0.3, 0.4) is 0 Å². The highest BCUT2D eigenvalue weighted by Crippen LogP contribution is 2.39. The van der Waals surface area contributed by atoms with Crippen LogP contribution in [0.15, 0.2) is 60.7 Å². The van der Waals surface area contributed by atoms with Gasteiger partial charge in [-0.15, -0.1) is 5.10 Å². The summed E-state index contributed by atoms with van der Waals surface area (Å²) < 4.78 is 0. The van der Waals surface area contributed by atoms with Gasteiger partial charge in [0.15, 0.2) is 0 Å². The van der Waals surface area contributed by atoms with Gasteiger partial charge in [-0.05, 0) is 65.5 Å². The maximum Gasteiger partial charge on any atom is 0.270 e. The van der Waals surface area contributed by atoms with E-state index in [2.05, 4.69) is 46.7 Å². The summed E-state index contributed by atoms with van der Waals surface area (Å²) in [6.45, 7) is 7.46. The Hall–Kier alpha value is -3.81. The van der Waals surface area contributed by atoms with Crippen molar-refractivity contribution in [1.29, 1.82) is 0 Å². The van der Waals surface area contributed by atoms with E-state index in [-0.39, 0.29) is 29.2 Å². The van der Waals surface area contributed by atoms with Crippen LogP contribution in [-0.4, -0.2) is 43.4 Å². The van der Waals surface area contributed by atoms with Crippen LogP contribution in [0.5, 0.6) is 0 Å². The molecular weight excluding hydrogens is 464 g/mol. The standard InChI is InChI=1S/C29H36N6O2/c1-29(2,3)24-16-18-25(19-17-24)35(26(36)11-7-10-21-8-5-4-6-9-21)20-22-12-14-23(15-13-22)27(37)30-28-31-33-34-32-28/h4-10,12-15,24-25H,11,16-20H2,1-3H3,(H2,30,31,32,33,34,37)/b10-7+. The summed E-state index contributed by atoms with van der Waals surface area (Å²) in [6.07, 6.45) is 8.61. The number of anilines is 1. The Morgan fingerprint density at radius 3 is 2.35 bits per heavy atom. The van der Waals surface area contributed by atoms with Gasteiger partial charge in [0.2, 0.25) is 5.91 Å². The van der Waals surface area contributed by atoms with Gasteiger partial charge in [0.1, 0.15) is 0 Å². The molecule has 194 valence electrons. The molecule has 8 nitrogen and oxygen atoms in total. The van der Waals surface area contributed by atoms with E-state index in [1.165, 1.54) is 0 Å². The van der Waals surface area contributed by atoms with Crippen molar-refractivity contribution < 1.29 is 9.59 Å². The lowest BCUT2D eigenvalue weighted by molar-refractivity contribution is -0.134. The molecule has 1 saturated carbocycles. The number of hydrogen-bond acceptors (Lipinski definition) is 5. The number of amides is 2. The number of aromatic nitrogens is 4. The Labute approximate surface area is 218 Å². The maximum atomic E-state index is 13.5. The second-order valence-electron chi connectivity index (χ2n) is 10.8. The first-order valence-electron chi connectivity index (χ1n) is 12.9. The van der Waals surface area contributed by atoms with Crippen LogP contribution >= 0.6 is 0 Å². The smallest absolute Gasteiger partial charge is 0.270 e. The van der Waals surface area contributed by atoms with Crippen molar-refractivity contribution in [3.05, 3.63) is 77.4 Å². The highest BCUT2D eigenvalue weighted by Gasteiger charge is 2.33. The van der Waals surface area contributed by atoms with E-state index >= 15 is 0 Å². The van der Waals surface area contributed by atoms with Crippen LogP contribution in [0.25, 0.3) is 6.08 Å². The summed E-state index contributed by atoms with van der Waals surface area (Å²) in [6, 6.07) is 17.6. The Bertz CT molecular complexity index is 1180. The lowest BCUT2D eigenvalue weighted by atomic mass is 9.71. The number of tetrazole rings is 1. The number of carbonyl (C=O) groups excluding carboxylic acids is 2. The molecule has 1 aliphatic carbocycles. The third kappa shape index (κ3) is 7.35. The molecule has 2 aromatic carbocycles. The molecule has 3 aromatic rings. The minimum absolute atomic E-state index is 0.125. The largest absolute Gasteiger partial charge is 0.335 e. The summed E-state index contributed by atoms with van der Waals surface area (Å²) in [5.74, 6) is 0.619. The Kier molecular flexibility index (Phi) is 8.48. The number of hydrogen-bond donors (Lipinski definition) is 2. The van der Waals surface area contributed by atoms with Gasteiger partial charge in [-0.25, -0.2) is 0 Å². The number of nitrogens with one attached hydrogen (secondary N) is 2. The molecule has 37 heavy (non-hydrogen) atoms. The van der Waals surface area contributed by atoms with Crippen LogP contribution in [0.4, 0.5) is 5.95 Å². The van der Waals surface area contributed by atoms with E-state index in [9.17, 15) is 9.59 Å². The highest BCUT2D eigenvalue weighted by atomic mass is 16.2. The van der Waals surface area contributed by atoms with Crippen LogP contribution in [-0.2, 0) is 11.3 Å². The zero-order valence-corrected chi connectivity index (χ0v) is 21.9. The number of H-pyrrole nitrogens is 1. The highest BCUT2D eigenvalue weighted by molar-refractivity contribution is 6.03. The Morgan fingerprint density at radius 2 is 1.73 bits per heavy atom. The van der Waals surface area contributed by atoms with Crippen LogP contribution in [0.2, 0.25) is 0 Å². The van der Waals surface area contributed by atoms with Crippen LogP contribution in [0.1, 0.15) is 74.4 Å². The zero-order valence-electron chi connectivity index (χ0n) is 21.9. The van der Waals surface area contributed by atoms with Gasteiger partial charge in [-0.2, -0.15) is 5.21 Å². The third-order valence-electron chi connectivity index (χ3n) is 7.22. The van der Waals surface area contributed by atoms with E-state index in [0.29, 0.717) is 24.4 Å². The first kappa shape index (κ1) is 26.3. The first-order valence-corrected chi connectivity index (χ1v) is 12.9. The van der Waals surface area contributed by atoms with E-state index in [1.807, 2.05) is 59.5 Å². The molecule has 0 radical (unpaired) electrons. The minimum Gasteiger partial charge on any atom is -0.335 e. The van der Waals surface area contributed by atoms with Crippen molar-refractivity contribution in [1.82, 2.24) is 25.5 Å². The molecular formula is C29H36N6O2. The Morgan fingerprint density at radius 1 is 1.03 bits per heavy atom. The number of carbonyl (C=O) groups is 2. The predicted molar refractivity (Wildman–Crippen MR) is 144 cm³/mol. The summed E-state index contributed by atoms with van der Waals surface area (Å²) in [4.78, 5) is 27.9. The average Bonchev–Trinajstić information content (AvgIpc) is 3.41.